The van der Waals surface area contributed by atoms with Crippen LogP contribution < -0.4 is 21.5 Å². The number of pyridine rings is 1. The summed E-state index contributed by atoms with van der Waals surface area (Å²) in [6.07, 6.45) is 1.70. The van der Waals surface area contributed by atoms with Crippen LogP contribution in [0.2, 0.25) is 0 Å². The Morgan fingerprint density at radius 2 is 1.78 bits per heavy atom. The molecule has 37 heavy (non-hydrogen) atoms. The van der Waals surface area contributed by atoms with E-state index in [1.807, 2.05) is 57.3 Å². The maximum Gasteiger partial charge on any atom is 0.323 e. The summed E-state index contributed by atoms with van der Waals surface area (Å²) in [5.74, 6) is -0.322. The van der Waals surface area contributed by atoms with Gasteiger partial charge in [-0.3, -0.25) is 9.59 Å². The van der Waals surface area contributed by atoms with Crippen molar-refractivity contribution in [2.45, 2.75) is 40.3 Å². The van der Waals surface area contributed by atoms with E-state index in [4.69, 9.17) is 0 Å². The molecule has 0 aliphatic carbocycles. The standard InChI is InChI=1S/C29H31N5O3/c1-7-8-21-22(27(35)30-15-23-17(4)11-18(5)31-28(23)36)12-20(14-26(21)34(6)16(2)3)19-9-10-24-25(13-19)33-29(37)32-24/h8-14,16H,1,15H2,2-6H3,(H,30,35)(H,31,36)(H2,32,33,37). The summed E-state index contributed by atoms with van der Waals surface area (Å²) < 4.78 is 0. The van der Waals surface area contributed by atoms with E-state index in [1.54, 1.807) is 6.08 Å². The molecule has 4 aromatic rings. The number of nitrogens with zero attached hydrogens (tertiary/aromatic N) is 1. The van der Waals surface area contributed by atoms with Gasteiger partial charge in [0.2, 0.25) is 0 Å². The molecule has 1 amide bonds. The number of rotatable bonds is 7. The van der Waals surface area contributed by atoms with Crippen LogP contribution in [0.3, 0.4) is 0 Å². The smallest absolute Gasteiger partial charge is 0.323 e. The van der Waals surface area contributed by atoms with E-state index in [0.29, 0.717) is 27.7 Å². The Morgan fingerprint density at radius 1 is 1.05 bits per heavy atom. The third kappa shape index (κ3) is 5.20. The van der Waals surface area contributed by atoms with E-state index in [0.717, 1.165) is 28.1 Å². The first kappa shape index (κ1) is 25.5. The fourth-order valence-corrected chi connectivity index (χ4v) is 4.39. The number of anilines is 1. The van der Waals surface area contributed by atoms with Crippen LogP contribution in [-0.4, -0.2) is 33.9 Å². The van der Waals surface area contributed by atoms with E-state index in [9.17, 15) is 14.4 Å². The average Bonchev–Trinajstić information content (AvgIpc) is 3.22. The van der Waals surface area contributed by atoms with Crippen molar-refractivity contribution >= 4 is 28.7 Å². The number of fused-ring (bicyclic) bond motifs is 1. The van der Waals surface area contributed by atoms with Crippen molar-refractivity contribution in [1.29, 1.82) is 0 Å². The third-order valence-electron chi connectivity index (χ3n) is 6.57. The summed E-state index contributed by atoms with van der Waals surface area (Å²) in [7, 11) is 1.97. The molecule has 2 heterocycles. The van der Waals surface area contributed by atoms with Crippen molar-refractivity contribution in [2.75, 3.05) is 11.9 Å². The fraction of sp³-hybridized carbons (Fsp3) is 0.241. The van der Waals surface area contributed by atoms with Gasteiger partial charge >= 0.3 is 5.69 Å². The number of imidazole rings is 1. The third-order valence-corrected chi connectivity index (χ3v) is 6.57. The zero-order chi connectivity index (χ0) is 26.9. The largest absolute Gasteiger partial charge is 0.372 e. The normalized spacial score (nSPS) is 11.0. The van der Waals surface area contributed by atoms with Crippen LogP contribution in [0.1, 0.15) is 46.6 Å². The molecular formula is C29H31N5O3. The monoisotopic (exact) mass is 497 g/mol. The Kier molecular flexibility index (Phi) is 7.05. The first-order chi connectivity index (χ1) is 17.6. The number of aryl methyl sites for hydroxylation is 2. The van der Waals surface area contributed by atoms with E-state index >= 15 is 0 Å². The molecule has 4 rings (SSSR count). The minimum Gasteiger partial charge on any atom is -0.372 e. The Morgan fingerprint density at radius 3 is 2.46 bits per heavy atom. The number of carbonyl (C=O) groups excluding carboxylic acids is 1. The lowest BCUT2D eigenvalue weighted by molar-refractivity contribution is 0.0950. The summed E-state index contributed by atoms with van der Waals surface area (Å²) in [6.45, 7) is 11.6. The van der Waals surface area contributed by atoms with Gasteiger partial charge in [-0.05, 0) is 80.8 Å². The first-order valence-corrected chi connectivity index (χ1v) is 12.1. The highest BCUT2D eigenvalue weighted by Crippen LogP contribution is 2.33. The summed E-state index contributed by atoms with van der Waals surface area (Å²) in [5, 5.41) is 2.92. The molecule has 8 heteroatoms. The highest BCUT2D eigenvalue weighted by Gasteiger charge is 2.20. The van der Waals surface area contributed by atoms with Gasteiger partial charge in [0, 0.05) is 47.7 Å². The van der Waals surface area contributed by atoms with Gasteiger partial charge in [-0.1, -0.05) is 12.6 Å². The number of hydrogen-bond acceptors (Lipinski definition) is 4. The van der Waals surface area contributed by atoms with Crippen LogP contribution in [0.4, 0.5) is 5.69 Å². The second-order valence-electron chi connectivity index (χ2n) is 9.47. The van der Waals surface area contributed by atoms with Crippen LogP contribution in [0, 0.1) is 13.8 Å². The minimum absolute atomic E-state index is 0.0909. The van der Waals surface area contributed by atoms with Gasteiger partial charge in [-0.15, -0.1) is 5.73 Å². The van der Waals surface area contributed by atoms with E-state index in [1.165, 1.54) is 0 Å². The predicted molar refractivity (Wildman–Crippen MR) is 149 cm³/mol. The van der Waals surface area contributed by atoms with Crippen LogP contribution in [-0.2, 0) is 6.54 Å². The number of hydrogen-bond donors (Lipinski definition) is 4. The molecule has 0 spiro atoms. The van der Waals surface area contributed by atoms with Gasteiger partial charge in [0.05, 0.1) is 11.0 Å². The van der Waals surface area contributed by atoms with Crippen LogP contribution >= 0.6 is 0 Å². The Balaban J connectivity index is 1.84. The highest BCUT2D eigenvalue weighted by atomic mass is 16.2. The lowest BCUT2D eigenvalue weighted by atomic mass is 9.95. The SMILES string of the molecule is C=C=Cc1c(C(=O)NCc2c(C)cc(C)[nH]c2=O)cc(-c2ccc3[nH]c(=O)[nH]c3c2)cc1N(C)C(C)C. The molecule has 2 aromatic heterocycles. The van der Waals surface area contributed by atoms with E-state index in [-0.39, 0.29) is 29.7 Å². The second-order valence-corrected chi connectivity index (χ2v) is 9.47. The van der Waals surface area contributed by atoms with Crippen molar-refractivity contribution < 1.29 is 4.79 Å². The van der Waals surface area contributed by atoms with Gasteiger partial charge in [0.1, 0.15) is 0 Å². The molecule has 0 saturated carbocycles. The summed E-state index contributed by atoms with van der Waals surface area (Å²) in [5.41, 5.74) is 9.40. The van der Waals surface area contributed by atoms with E-state index in [2.05, 4.69) is 51.3 Å². The second kappa shape index (κ2) is 10.2. The quantitative estimate of drug-likeness (QED) is 0.283. The molecule has 0 radical (unpaired) electrons. The van der Waals surface area contributed by atoms with Crippen LogP contribution in [0.15, 0.2) is 58.3 Å². The molecule has 0 atom stereocenters. The molecule has 0 saturated heterocycles. The Bertz CT molecular complexity index is 1670. The molecule has 0 aliphatic heterocycles. The van der Waals surface area contributed by atoms with Crippen molar-refractivity contribution in [2.24, 2.45) is 0 Å². The minimum atomic E-state index is -0.322. The maximum atomic E-state index is 13.6. The number of H-pyrrole nitrogens is 3. The molecule has 0 fully saturated rings. The first-order valence-electron chi connectivity index (χ1n) is 12.1. The topological polar surface area (TPSA) is 114 Å². The van der Waals surface area contributed by atoms with Crippen LogP contribution in [0.5, 0.6) is 0 Å². The summed E-state index contributed by atoms with van der Waals surface area (Å²) in [4.78, 5) is 48.2. The lowest BCUT2D eigenvalue weighted by Gasteiger charge is -2.27. The molecule has 0 bridgehead atoms. The number of aromatic amines is 3. The zero-order valence-corrected chi connectivity index (χ0v) is 21.7. The predicted octanol–water partition coefficient (Wildman–Crippen LogP) is 4.40. The fourth-order valence-electron chi connectivity index (χ4n) is 4.39. The average molecular weight is 498 g/mol. The van der Waals surface area contributed by atoms with Crippen molar-refractivity contribution in [3.8, 4) is 11.1 Å². The summed E-state index contributed by atoms with van der Waals surface area (Å²) in [6, 6.07) is 11.5. The molecule has 2 aromatic carbocycles. The van der Waals surface area contributed by atoms with Crippen molar-refractivity contribution in [3.05, 3.63) is 97.5 Å². The number of amides is 1. The Hall–Kier alpha value is -4.55. The number of benzene rings is 2. The number of nitrogens with one attached hydrogen (secondary N) is 4. The molecule has 8 nitrogen and oxygen atoms in total. The lowest BCUT2D eigenvalue weighted by Crippen LogP contribution is -2.30. The number of aromatic nitrogens is 3. The van der Waals surface area contributed by atoms with Crippen molar-refractivity contribution in [1.82, 2.24) is 20.3 Å². The molecule has 4 N–H and O–H groups in total. The van der Waals surface area contributed by atoms with Gasteiger partial charge in [-0.2, -0.15) is 0 Å². The van der Waals surface area contributed by atoms with Crippen LogP contribution in [0.25, 0.3) is 28.2 Å². The van der Waals surface area contributed by atoms with Gasteiger partial charge in [-0.25, -0.2) is 4.79 Å². The molecule has 0 unspecified atom stereocenters. The maximum absolute atomic E-state index is 13.6. The zero-order valence-electron chi connectivity index (χ0n) is 21.7. The van der Waals surface area contributed by atoms with Gasteiger partial charge in [0.25, 0.3) is 11.5 Å². The van der Waals surface area contributed by atoms with Gasteiger partial charge in [0.15, 0.2) is 0 Å². The Labute approximate surface area is 214 Å². The highest BCUT2D eigenvalue weighted by molar-refractivity contribution is 6.02. The van der Waals surface area contributed by atoms with Crippen molar-refractivity contribution in [3.63, 3.8) is 0 Å². The molecule has 190 valence electrons. The number of carbonyl (C=O) groups is 1. The van der Waals surface area contributed by atoms with Gasteiger partial charge < -0.3 is 25.2 Å². The molecular weight excluding hydrogens is 466 g/mol. The van der Waals surface area contributed by atoms with E-state index < -0.39 is 0 Å². The summed E-state index contributed by atoms with van der Waals surface area (Å²) >= 11 is 0. The molecule has 0 aliphatic rings.